The summed E-state index contributed by atoms with van der Waals surface area (Å²) in [6.07, 6.45) is 0. The van der Waals surface area contributed by atoms with Crippen molar-refractivity contribution in [2.75, 3.05) is 4.90 Å². The number of fused-ring (bicyclic) bond motifs is 3. The van der Waals surface area contributed by atoms with Crippen molar-refractivity contribution in [2.45, 2.75) is 0 Å². The molecular formula is C54H38N2. The third kappa shape index (κ3) is 5.85. The molecule has 0 atom stereocenters. The third-order valence-corrected chi connectivity index (χ3v) is 10.8. The quantitative estimate of drug-likeness (QED) is 0.152. The minimum absolute atomic E-state index is 1.08. The number of benzene rings is 9. The van der Waals surface area contributed by atoms with Crippen molar-refractivity contribution in [1.82, 2.24) is 4.57 Å². The first kappa shape index (κ1) is 33.2. The molecule has 0 aliphatic carbocycles. The van der Waals surface area contributed by atoms with Gasteiger partial charge in [-0.1, -0.05) is 188 Å². The number of aromatic nitrogens is 1. The molecule has 10 rings (SSSR count). The zero-order valence-electron chi connectivity index (χ0n) is 30.8. The van der Waals surface area contributed by atoms with E-state index in [1.54, 1.807) is 0 Å². The standard InChI is InChI=1S/C54H38N2/c1-3-19-39(20-4-1)43-23-7-8-24-44(43)41-35-37-42(38-36-41)55(50-30-14-9-25-45(50)40-21-5-2-6-22-40)51-31-15-10-26-46(51)47-27-11-16-32-52(47)56-53-33-17-12-28-48(53)49-29-13-18-34-54(49)56/h1-38H. The summed E-state index contributed by atoms with van der Waals surface area (Å²) in [6, 6.07) is 83.0. The van der Waals surface area contributed by atoms with Gasteiger partial charge in [-0.3, -0.25) is 0 Å². The van der Waals surface area contributed by atoms with Crippen molar-refractivity contribution in [3.63, 3.8) is 0 Å². The van der Waals surface area contributed by atoms with Crippen molar-refractivity contribution in [2.24, 2.45) is 0 Å². The Balaban J connectivity index is 1.18. The van der Waals surface area contributed by atoms with Gasteiger partial charge in [0, 0.05) is 33.2 Å². The second kappa shape index (κ2) is 14.4. The molecule has 0 aliphatic rings. The Morgan fingerprint density at radius 2 is 0.661 bits per heavy atom. The highest BCUT2D eigenvalue weighted by Crippen LogP contribution is 2.47. The zero-order valence-corrected chi connectivity index (χ0v) is 30.8. The fraction of sp³-hybridized carbons (Fsp3) is 0. The van der Waals surface area contributed by atoms with Crippen LogP contribution in [-0.2, 0) is 0 Å². The molecule has 0 spiro atoms. The van der Waals surface area contributed by atoms with Gasteiger partial charge in [-0.25, -0.2) is 0 Å². The number of hydrogen-bond acceptors (Lipinski definition) is 1. The predicted octanol–water partition coefficient (Wildman–Crippen LogP) is 14.9. The summed E-state index contributed by atoms with van der Waals surface area (Å²) < 4.78 is 2.43. The summed E-state index contributed by atoms with van der Waals surface area (Å²) in [7, 11) is 0. The topological polar surface area (TPSA) is 8.17 Å². The predicted molar refractivity (Wildman–Crippen MR) is 237 cm³/mol. The molecule has 0 bridgehead atoms. The molecule has 0 N–H and O–H groups in total. The van der Waals surface area contributed by atoms with Gasteiger partial charge in [-0.15, -0.1) is 0 Å². The monoisotopic (exact) mass is 714 g/mol. The maximum absolute atomic E-state index is 2.44. The van der Waals surface area contributed by atoms with E-state index in [2.05, 4.69) is 240 Å². The van der Waals surface area contributed by atoms with Gasteiger partial charge in [0.2, 0.25) is 0 Å². The maximum atomic E-state index is 2.44. The minimum atomic E-state index is 1.08. The van der Waals surface area contributed by atoms with Gasteiger partial charge >= 0.3 is 0 Å². The van der Waals surface area contributed by atoms with Crippen LogP contribution in [0.1, 0.15) is 0 Å². The molecule has 0 saturated carbocycles. The zero-order chi connectivity index (χ0) is 37.3. The van der Waals surface area contributed by atoms with Gasteiger partial charge in [0.25, 0.3) is 0 Å². The summed E-state index contributed by atoms with van der Waals surface area (Å²) in [5, 5.41) is 2.50. The summed E-state index contributed by atoms with van der Waals surface area (Å²) in [4.78, 5) is 2.44. The summed E-state index contributed by atoms with van der Waals surface area (Å²) in [6.45, 7) is 0. The smallest absolute Gasteiger partial charge is 0.0541 e. The molecule has 2 heteroatoms. The third-order valence-electron chi connectivity index (χ3n) is 10.8. The van der Waals surface area contributed by atoms with E-state index in [-0.39, 0.29) is 0 Å². The van der Waals surface area contributed by atoms with Gasteiger partial charge in [0.05, 0.1) is 28.1 Å². The minimum Gasteiger partial charge on any atom is -0.309 e. The Bertz CT molecular complexity index is 2910. The Kier molecular flexibility index (Phi) is 8.55. The molecule has 0 saturated heterocycles. The van der Waals surface area contributed by atoms with Crippen LogP contribution in [0, 0.1) is 0 Å². The van der Waals surface area contributed by atoms with Crippen LogP contribution in [0.2, 0.25) is 0 Å². The van der Waals surface area contributed by atoms with Crippen molar-refractivity contribution in [1.29, 1.82) is 0 Å². The molecular weight excluding hydrogens is 677 g/mol. The van der Waals surface area contributed by atoms with E-state index in [1.165, 1.54) is 49.6 Å². The Morgan fingerprint density at radius 1 is 0.268 bits per heavy atom. The normalized spacial score (nSPS) is 11.2. The lowest BCUT2D eigenvalue weighted by atomic mass is 9.94. The molecule has 1 heterocycles. The number of nitrogens with zero attached hydrogens (tertiary/aromatic N) is 2. The van der Waals surface area contributed by atoms with Crippen LogP contribution in [-0.4, -0.2) is 4.57 Å². The van der Waals surface area contributed by atoms with Crippen LogP contribution in [0.5, 0.6) is 0 Å². The molecule has 0 unspecified atom stereocenters. The van der Waals surface area contributed by atoms with Crippen molar-refractivity contribution < 1.29 is 0 Å². The summed E-state index contributed by atoms with van der Waals surface area (Å²) in [5.41, 5.74) is 16.3. The Morgan fingerprint density at radius 3 is 1.25 bits per heavy atom. The van der Waals surface area contributed by atoms with Crippen molar-refractivity contribution in [3.05, 3.63) is 231 Å². The summed E-state index contributed by atoms with van der Waals surface area (Å²) in [5.74, 6) is 0. The molecule has 1 aromatic heterocycles. The van der Waals surface area contributed by atoms with Crippen LogP contribution < -0.4 is 4.90 Å². The van der Waals surface area contributed by atoms with Gasteiger partial charge in [0.15, 0.2) is 0 Å². The number of rotatable bonds is 8. The fourth-order valence-corrected chi connectivity index (χ4v) is 8.31. The van der Waals surface area contributed by atoms with Crippen LogP contribution in [0.3, 0.4) is 0 Å². The van der Waals surface area contributed by atoms with Gasteiger partial charge in [0.1, 0.15) is 0 Å². The van der Waals surface area contributed by atoms with Crippen LogP contribution in [0.25, 0.3) is 72.0 Å². The van der Waals surface area contributed by atoms with Crippen LogP contribution in [0.4, 0.5) is 17.1 Å². The molecule has 0 aliphatic heterocycles. The SMILES string of the molecule is c1ccc(-c2ccccc2-c2ccc(N(c3ccccc3-c3ccccc3)c3ccccc3-c3ccccc3-n3c4ccccc4c4ccccc43)cc2)cc1. The first-order chi connectivity index (χ1) is 27.8. The molecule has 264 valence electrons. The van der Waals surface area contributed by atoms with Crippen molar-refractivity contribution in [3.8, 4) is 50.2 Å². The first-order valence-electron chi connectivity index (χ1n) is 19.2. The van der Waals surface area contributed by atoms with Gasteiger partial charge < -0.3 is 9.47 Å². The largest absolute Gasteiger partial charge is 0.309 e. The molecule has 2 nitrogen and oxygen atoms in total. The first-order valence-corrected chi connectivity index (χ1v) is 19.2. The van der Waals surface area contributed by atoms with Crippen molar-refractivity contribution >= 4 is 38.9 Å². The number of anilines is 3. The molecule has 9 aromatic carbocycles. The average molecular weight is 715 g/mol. The van der Waals surface area contributed by atoms with E-state index in [0.717, 1.165) is 39.4 Å². The number of para-hydroxylation sites is 5. The molecule has 0 radical (unpaired) electrons. The van der Waals surface area contributed by atoms with E-state index in [4.69, 9.17) is 0 Å². The maximum Gasteiger partial charge on any atom is 0.0541 e. The van der Waals surface area contributed by atoms with E-state index in [0.29, 0.717) is 0 Å². The molecule has 10 aromatic rings. The lowest BCUT2D eigenvalue weighted by Gasteiger charge is -2.30. The highest BCUT2D eigenvalue weighted by atomic mass is 15.1. The molecule has 0 amide bonds. The Labute approximate surface area is 327 Å². The second-order valence-electron chi connectivity index (χ2n) is 14.1. The molecule has 56 heavy (non-hydrogen) atoms. The Hall–Kier alpha value is -7.42. The lowest BCUT2D eigenvalue weighted by Crippen LogP contribution is -2.13. The van der Waals surface area contributed by atoms with Crippen LogP contribution >= 0.6 is 0 Å². The lowest BCUT2D eigenvalue weighted by molar-refractivity contribution is 1.18. The highest BCUT2D eigenvalue weighted by Gasteiger charge is 2.23. The van der Waals surface area contributed by atoms with Gasteiger partial charge in [-0.05, 0) is 70.3 Å². The number of hydrogen-bond donors (Lipinski definition) is 0. The van der Waals surface area contributed by atoms with E-state index in [9.17, 15) is 0 Å². The average Bonchev–Trinajstić information content (AvgIpc) is 3.62. The van der Waals surface area contributed by atoms with Crippen LogP contribution in [0.15, 0.2) is 231 Å². The second-order valence-corrected chi connectivity index (χ2v) is 14.1. The fourth-order valence-electron chi connectivity index (χ4n) is 8.31. The summed E-state index contributed by atoms with van der Waals surface area (Å²) >= 11 is 0. The highest BCUT2D eigenvalue weighted by molar-refractivity contribution is 6.10. The molecule has 0 fully saturated rings. The van der Waals surface area contributed by atoms with E-state index >= 15 is 0 Å². The van der Waals surface area contributed by atoms with Gasteiger partial charge in [-0.2, -0.15) is 0 Å². The van der Waals surface area contributed by atoms with E-state index in [1.807, 2.05) is 0 Å². The van der Waals surface area contributed by atoms with E-state index < -0.39 is 0 Å².